The van der Waals surface area contributed by atoms with Crippen LogP contribution >= 0.6 is 11.8 Å². The van der Waals surface area contributed by atoms with Gasteiger partial charge in [0.1, 0.15) is 17.5 Å². The molecular formula is C58H67N11O13S. The fourth-order valence-corrected chi connectivity index (χ4v) is 10.7. The molecule has 4 aromatic carbocycles. The van der Waals surface area contributed by atoms with Gasteiger partial charge in [0.25, 0.3) is 17.7 Å². The summed E-state index contributed by atoms with van der Waals surface area (Å²) < 4.78 is 18.6. The van der Waals surface area contributed by atoms with E-state index in [4.69, 9.17) is 19.0 Å². The van der Waals surface area contributed by atoms with E-state index in [2.05, 4.69) is 47.1 Å². The zero-order valence-corrected chi connectivity index (χ0v) is 46.5. The first-order valence-electron chi connectivity index (χ1n) is 27.6. The van der Waals surface area contributed by atoms with Crippen LogP contribution in [0.25, 0.3) is 0 Å². The lowest BCUT2D eigenvalue weighted by Gasteiger charge is -2.18. The highest BCUT2D eigenvalue weighted by atomic mass is 32.2. The number of nitrogens with one attached hydrogen (secondary N) is 5. The summed E-state index contributed by atoms with van der Waals surface area (Å²) in [4.78, 5) is 105. The predicted octanol–water partition coefficient (Wildman–Crippen LogP) is 5.22. The molecular weight excluding hydrogens is 1090 g/mol. The van der Waals surface area contributed by atoms with Crippen molar-refractivity contribution in [3.05, 3.63) is 137 Å². The quantitative estimate of drug-likeness (QED) is 0.0103. The van der Waals surface area contributed by atoms with Crippen LogP contribution in [0.2, 0.25) is 0 Å². The van der Waals surface area contributed by atoms with Crippen LogP contribution in [-0.2, 0) is 57.6 Å². The Labute approximate surface area is 483 Å². The van der Waals surface area contributed by atoms with Gasteiger partial charge in [-0.25, -0.2) is 9.59 Å². The van der Waals surface area contributed by atoms with Gasteiger partial charge in [0.05, 0.1) is 55.5 Å². The van der Waals surface area contributed by atoms with Crippen molar-refractivity contribution in [2.24, 2.45) is 10.2 Å². The highest BCUT2D eigenvalue weighted by Crippen LogP contribution is 2.33. The molecule has 8 rings (SSSR count). The molecule has 3 fully saturated rings. The van der Waals surface area contributed by atoms with Crippen LogP contribution in [0.3, 0.4) is 0 Å². The molecule has 3 saturated heterocycles. The minimum Gasteiger partial charge on any atom is -0.506 e. The molecule has 24 nitrogen and oxygen atoms in total. The van der Waals surface area contributed by atoms with E-state index in [0.717, 1.165) is 24.2 Å². The maximum Gasteiger partial charge on any atom is 0.363 e. The number of urea groups is 1. The van der Waals surface area contributed by atoms with Gasteiger partial charge < -0.3 is 50.7 Å². The molecule has 83 heavy (non-hydrogen) atoms. The summed E-state index contributed by atoms with van der Waals surface area (Å²) in [6.45, 7) is 3.34. The van der Waals surface area contributed by atoms with Crippen molar-refractivity contribution in [3.8, 4) is 5.75 Å². The third kappa shape index (κ3) is 18.6. The van der Waals surface area contributed by atoms with Crippen LogP contribution in [-0.4, -0.2) is 154 Å². The van der Waals surface area contributed by atoms with Crippen molar-refractivity contribution in [1.29, 1.82) is 0 Å². The van der Waals surface area contributed by atoms with Crippen molar-refractivity contribution in [2.75, 3.05) is 58.5 Å². The molecule has 4 atom stereocenters. The second kappa shape index (κ2) is 31.2. The van der Waals surface area contributed by atoms with Crippen LogP contribution in [0.15, 0.2) is 113 Å². The number of ketones is 1. The fourth-order valence-electron chi connectivity index (χ4n) is 9.18. The Bertz CT molecular complexity index is 3060. The Morgan fingerprint density at radius 1 is 0.735 bits per heavy atom. The summed E-state index contributed by atoms with van der Waals surface area (Å²) in [7, 11) is 0. The number of imide groups is 1. The number of hydrogen-bond acceptors (Lipinski definition) is 18. The number of thioether (sulfide) groups is 1. The molecule has 0 aliphatic carbocycles. The van der Waals surface area contributed by atoms with Gasteiger partial charge in [0, 0.05) is 92.4 Å². The number of phenols is 1. The van der Waals surface area contributed by atoms with Crippen LogP contribution in [0.5, 0.6) is 5.75 Å². The molecule has 6 N–H and O–H groups in total. The minimum atomic E-state index is -0.933. The van der Waals surface area contributed by atoms with E-state index in [9.17, 15) is 43.5 Å². The number of azo groups is 1. The van der Waals surface area contributed by atoms with E-state index in [1.807, 2.05) is 17.8 Å². The number of unbranched alkanes of at least 4 members (excludes halogenated alkanes) is 1. The first-order valence-corrected chi connectivity index (χ1v) is 28.7. The Hall–Kier alpha value is -8.39. The lowest BCUT2D eigenvalue weighted by Crippen LogP contribution is -2.48. The standard InChI is InChI=1S/C58H67N11O13S/c70-48-21-12-38(34-45(48)66-64-43-19-17-42(18-20-43)57(77)82-69-51(72)22-23-52(69)73)24-27-68-36-44(65-67-68)35-46(61-50(71)11-5-4-10-49-53-47(37-83-49)62-58(78)63-53)56(76)60-26-7-29-80-31-33-81-32-30-79-28-6-25-59-55(75)41-15-13-40(14-16-41)54(74)39-8-2-1-3-9-39/h1-3,8-9,12-21,34,36,46-47,49,53,70H,4-7,10-11,22-33,35,37H2,(H,59,75)(H,60,76)(H,61,71)(H2,62,63,78)/b66-64+/t46?,47-,49-,53-/m1/s1. The molecule has 1 aromatic heterocycles. The van der Waals surface area contributed by atoms with E-state index in [0.29, 0.717) is 118 Å². The zero-order chi connectivity index (χ0) is 58.3. The molecule has 0 radical (unpaired) electrons. The van der Waals surface area contributed by atoms with Crippen LogP contribution in [0.4, 0.5) is 16.2 Å². The number of fused-ring (bicyclic) bond motifs is 1. The van der Waals surface area contributed by atoms with Gasteiger partial charge in [0.2, 0.25) is 11.8 Å². The van der Waals surface area contributed by atoms with Crippen molar-refractivity contribution < 1.29 is 62.5 Å². The number of hydrogen-bond donors (Lipinski definition) is 6. The zero-order valence-electron chi connectivity index (χ0n) is 45.7. The molecule has 7 amide bonds. The predicted molar refractivity (Wildman–Crippen MR) is 302 cm³/mol. The second-order valence-corrected chi connectivity index (χ2v) is 21.1. The van der Waals surface area contributed by atoms with Crippen molar-refractivity contribution in [2.45, 2.75) is 94.1 Å². The van der Waals surface area contributed by atoms with Crippen molar-refractivity contribution in [3.63, 3.8) is 0 Å². The van der Waals surface area contributed by atoms with Gasteiger partial charge in [-0.2, -0.15) is 16.9 Å². The molecule has 0 bridgehead atoms. The van der Waals surface area contributed by atoms with Crippen LogP contribution < -0.4 is 26.6 Å². The highest BCUT2D eigenvalue weighted by molar-refractivity contribution is 8.00. The second-order valence-electron chi connectivity index (χ2n) is 19.8. The summed E-state index contributed by atoms with van der Waals surface area (Å²) in [5, 5.41) is 42.9. The highest BCUT2D eigenvalue weighted by Gasteiger charge is 2.42. The van der Waals surface area contributed by atoms with Gasteiger partial charge in [-0.05, 0) is 86.2 Å². The molecule has 5 aromatic rings. The van der Waals surface area contributed by atoms with Gasteiger partial charge in [-0.15, -0.1) is 15.3 Å². The molecule has 3 aliphatic rings. The number of benzene rings is 4. The fraction of sp³-hybridized carbons (Fsp3) is 0.414. The number of carbonyl (C=O) groups excluding carboxylic acids is 8. The summed E-state index contributed by atoms with van der Waals surface area (Å²) >= 11 is 1.82. The number of phenolic OH excluding ortho intramolecular Hbond substituents is 1. The summed E-state index contributed by atoms with van der Waals surface area (Å²) in [6, 6.07) is 25.4. The van der Waals surface area contributed by atoms with E-state index in [-0.39, 0.29) is 89.6 Å². The SMILES string of the molecule is O=C(CCCC[C@H]1SC[C@H]2NC(=O)N[C@H]21)NC(Cc1cn(CCc2ccc(O)c(/N=N/c3ccc(C(=O)ON4C(=O)CCC4=O)cc3)c2)nn1)C(=O)NCCCOCCOCCOCCCNC(=O)c1ccc(C(=O)c2ccccc2)cc1. The molecule has 0 spiro atoms. The molecule has 438 valence electrons. The molecule has 3 aliphatic heterocycles. The maximum atomic E-state index is 13.6. The van der Waals surface area contributed by atoms with Crippen molar-refractivity contribution in [1.82, 2.24) is 46.6 Å². The third-order valence-electron chi connectivity index (χ3n) is 13.7. The van der Waals surface area contributed by atoms with Gasteiger partial charge >= 0.3 is 12.0 Å². The van der Waals surface area contributed by atoms with E-state index in [1.165, 1.54) is 30.3 Å². The summed E-state index contributed by atoms with van der Waals surface area (Å²) in [6.07, 6.45) is 5.80. The van der Waals surface area contributed by atoms with Crippen LogP contribution in [0.1, 0.15) is 99.3 Å². The number of aryl methyl sites for hydroxylation is 2. The lowest BCUT2D eigenvalue weighted by atomic mass is 10.0. The number of aromatic nitrogens is 3. The summed E-state index contributed by atoms with van der Waals surface area (Å²) in [5.41, 5.74) is 3.49. The first-order chi connectivity index (χ1) is 40.4. The van der Waals surface area contributed by atoms with E-state index in [1.54, 1.807) is 71.5 Å². The largest absolute Gasteiger partial charge is 0.506 e. The normalized spacial score (nSPS) is 16.8. The topological polar surface area (TPSA) is 313 Å². The Morgan fingerprint density at radius 2 is 1.40 bits per heavy atom. The number of aromatic hydroxyl groups is 1. The lowest BCUT2D eigenvalue weighted by molar-refractivity contribution is -0.172. The molecule has 0 saturated carbocycles. The van der Waals surface area contributed by atoms with Gasteiger partial charge in [0.15, 0.2) is 5.78 Å². The monoisotopic (exact) mass is 1160 g/mol. The average molecular weight is 1160 g/mol. The number of ether oxygens (including phenoxy) is 3. The Morgan fingerprint density at radius 3 is 2.12 bits per heavy atom. The van der Waals surface area contributed by atoms with Crippen LogP contribution in [0, 0.1) is 0 Å². The Balaban J connectivity index is 0.720. The van der Waals surface area contributed by atoms with E-state index < -0.39 is 23.8 Å². The minimum absolute atomic E-state index is 0.0199. The molecule has 25 heteroatoms. The van der Waals surface area contributed by atoms with Gasteiger partial charge in [-0.1, -0.05) is 60.2 Å². The number of nitrogens with zero attached hydrogens (tertiary/aromatic N) is 6. The van der Waals surface area contributed by atoms with E-state index >= 15 is 0 Å². The third-order valence-corrected chi connectivity index (χ3v) is 15.2. The number of carbonyl (C=O) groups is 8. The smallest absolute Gasteiger partial charge is 0.363 e. The van der Waals surface area contributed by atoms with Crippen molar-refractivity contribution >= 4 is 70.5 Å². The Kier molecular flexibility index (Phi) is 22.8. The van der Waals surface area contributed by atoms with Gasteiger partial charge in [-0.3, -0.25) is 33.4 Å². The summed E-state index contributed by atoms with van der Waals surface area (Å²) in [5.74, 6) is -2.29. The average Bonchev–Trinajstić information content (AvgIpc) is 4.38. The number of amides is 7. The molecule has 4 heterocycles. The molecule has 1 unspecified atom stereocenters. The number of hydroxylamine groups is 2. The maximum absolute atomic E-state index is 13.6. The number of rotatable bonds is 33. The first kappa shape index (κ1) is 60.7.